The smallest absolute Gasteiger partial charge is 0.241 e. The minimum atomic E-state index is -3.68. The van der Waals surface area contributed by atoms with E-state index >= 15 is 0 Å². The molecule has 3 aromatic rings. The van der Waals surface area contributed by atoms with Crippen molar-refractivity contribution >= 4 is 26.9 Å². The summed E-state index contributed by atoms with van der Waals surface area (Å²) in [5.74, 6) is 0.317. The summed E-state index contributed by atoms with van der Waals surface area (Å²) < 4.78 is 35.9. The van der Waals surface area contributed by atoms with E-state index in [9.17, 15) is 18.6 Å². The van der Waals surface area contributed by atoms with Crippen molar-refractivity contribution < 1.29 is 23.4 Å². The Morgan fingerprint density at radius 3 is 2.12 bits per heavy atom. The van der Waals surface area contributed by atoms with Gasteiger partial charge in [0.05, 0.1) is 11.8 Å². The average molecular weight is 476 g/mol. The van der Waals surface area contributed by atoms with Crippen molar-refractivity contribution in [2.45, 2.75) is 36.7 Å². The number of ether oxygens (including phenoxy) is 1. The van der Waals surface area contributed by atoms with Gasteiger partial charge < -0.3 is 14.9 Å². The number of anilines is 1. The Hall–Kier alpha value is -3.29. The Morgan fingerprint density at radius 1 is 0.824 bits per heavy atom. The van der Waals surface area contributed by atoms with Gasteiger partial charge >= 0.3 is 0 Å². The maximum absolute atomic E-state index is 14.0. The predicted octanol–water partition coefficient (Wildman–Crippen LogP) is 4.33. The molecule has 3 aliphatic heterocycles. The first-order valence-electron chi connectivity index (χ1n) is 11.5. The summed E-state index contributed by atoms with van der Waals surface area (Å²) in [5, 5.41) is 18.9. The lowest BCUT2D eigenvalue weighted by Gasteiger charge is -2.35. The summed E-state index contributed by atoms with van der Waals surface area (Å²) in [5.41, 5.74) is 5.33. The number of hydrogen-bond donors (Lipinski definition) is 2. The van der Waals surface area contributed by atoms with E-state index in [4.69, 9.17) is 4.74 Å². The fourth-order valence-corrected chi connectivity index (χ4v) is 7.66. The molecule has 0 saturated carbocycles. The van der Waals surface area contributed by atoms with Crippen molar-refractivity contribution in [3.8, 4) is 11.5 Å². The number of nitrogens with zero attached hydrogens (tertiary/aromatic N) is 1. The van der Waals surface area contributed by atoms with Crippen LogP contribution in [0.4, 0.5) is 5.69 Å². The quantitative estimate of drug-likeness (QED) is 0.587. The van der Waals surface area contributed by atoms with Crippen LogP contribution >= 0.6 is 0 Å². The van der Waals surface area contributed by atoms with Crippen molar-refractivity contribution in [2.24, 2.45) is 0 Å². The van der Waals surface area contributed by atoms with E-state index < -0.39 is 21.4 Å². The first-order chi connectivity index (χ1) is 16.4. The number of sulfonamides is 1. The highest BCUT2D eigenvalue weighted by Gasteiger charge is 2.54. The summed E-state index contributed by atoms with van der Waals surface area (Å²) in [6.07, 6.45) is 1.07. The maximum atomic E-state index is 14.0. The normalized spacial score (nSPS) is 23.9. The van der Waals surface area contributed by atoms with Crippen LogP contribution in [-0.4, -0.2) is 42.6 Å². The minimum absolute atomic E-state index is 0.147. The molecular weight excluding hydrogens is 450 g/mol. The standard InChI is InChI=1S/C27H25NO5S/c29-20-11-7-18(8-12-20)25-23-16-24(27(33-23)26(25)19-9-13-21(30)14-10-19)34(31,32)28-15-3-5-17-4-1-2-6-22(17)28/h1-2,4,6-14,23-24,27,29-30H,3,5,15-16H2. The number of phenolic OH excluding ortho intramolecular Hbond substituents is 2. The summed E-state index contributed by atoms with van der Waals surface area (Å²) in [6, 6.07) is 21.4. The highest BCUT2D eigenvalue weighted by Crippen LogP contribution is 2.51. The van der Waals surface area contributed by atoms with Crippen LogP contribution < -0.4 is 4.31 Å². The van der Waals surface area contributed by atoms with Crippen molar-refractivity contribution in [1.82, 2.24) is 0 Å². The molecule has 6 nitrogen and oxygen atoms in total. The van der Waals surface area contributed by atoms with Crippen LogP contribution in [0.15, 0.2) is 72.8 Å². The molecule has 0 spiro atoms. The Labute approximate surface area is 198 Å². The van der Waals surface area contributed by atoms with Gasteiger partial charge in [0, 0.05) is 6.54 Å². The van der Waals surface area contributed by atoms with Crippen molar-refractivity contribution in [3.05, 3.63) is 89.5 Å². The Kier molecular flexibility index (Phi) is 4.93. The topological polar surface area (TPSA) is 87.1 Å². The van der Waals surface area contributed by atoms with Crippen molar-refractivity contribution in [1.29, 1.82) is 0 Å². The molecule has 0 aromatic heterocycles. The molecule has 0 radical (unpaired) electrons. The number of benzene rings is 3. The van der Waals surface area contributed by atoms with E-state index in [-0.39, 0.29) is 17.6 Å². The highest BCUT2D eigenvalue weighted by molar-refractivity contribution is 7.93. The third kappa shape index (κ3) is 3.30. The second-order valence-electron chi connectivity index (χ2n) is 9.09. The maximum Gasteiger partial charge on any atom is 0.241 e. The van der Waals surface area contributed by atoms with Crippen LogP contribution in [0.5, 0.6) is 11.5 Å². The van der Waals surface area contributed by atoms with Gasteiger partial charge in [-0.05, 0) is 77.4 Å². The zero-order valence-electron chi connectivity index (χ0n) is 18.5. The van der Waals surface area contributed by atoms with E-state index in [2.05, 4.69) is 0 Å². The fraction of sp³-hybridized carbons (Fsp3) is 0.259. The lowest BCUT2D eigenvalue weighted by molar-refractivity contribution is 0.128. The molecule has 2 N–H and O–H groups in total. The van der Waals surface area contributed by atoms with E-state index in [1.165, 1.54) is 0 Å². The van der Waals surface area contributed by atoms with Crippen LogP contribution in [-0.2, 0) is 21.2 Å². The zero-order valence-corrected chi connectivity index (χ0v) is 19.3. The van der Waals surface area contributed by atoms with Crippen LogP contribution in [0.3, 0.4) is 0 Å². The first kappa shape index (κ1) is 21.3. The van der Waals surface area contributed by atoms with Crippen LogP contribution in [0.1, 0.15) is 29.5 Å². The van der Waals surface area contributed by atoms with Crippen molar-refractivity contribution in [3.63, 3.8) is 0 Å². The van der Waals surface area contributed by atoms with Gasteiger partial charge in [-0.2, -0.15) is 0 Å². The van der Waals surface area contributed by atoms with Crippen LogP contribution in [0.25, 0.3) is 11.1 Å². The van der Waals surface area contributed by atoms with Gasteiger partial charge in [0.2, 0.25) is 10.0 Å². The van der Waals surface area contributed by atoms with Gasteiger partial charge in [0.1, 0.15) is 22.9 Å². The van der Waals surface area contributed by atoms with Gasteiger partial charge in [0.25, 0.3) is 0 Å². The molecule has 1 saturated heterocycles. The monoisotopic (exact) mass is 475 g/mol. The molecule has 3 aliphatic rings. The number of para-hydroxylation sites is 1. The Bertz CT molecular complexity index is 1380. The Balaban J connectivity index is 1.45. The molecule has 3 heterocycles. The molecule has 3 aromatic carbocycles. The van der Waals surface area contributed by atoms with E-state index in [1.54, 1.807) is 40.7 Å². The number of aromatic hydroxyl groups is 2. The molecule has 2 bridgehead atoms. The van der Waals surface area contributed by atoms with Gasteiger partial charge in [-0.3, -0.25) is 4.31 Å². The van der Waals surface area contributed by atoms with Crippen molar-refractivity contribution in [2.75, 3.05) is 10.8 Å². The fourth-order valence-electron chi connectivity index (χ4n) is 5.57. The third-order valence-corrected chi connectivity index (χ3v) is 9.30. The summed E-state index contributed by atoms with van der Waals surface area (Å²) in [7, 11) is -3.68. The van der Waals surface area contributed by atoms with Crippen LogP contribution in [0, 0.1) is 0 Å². The number of hydrogen-bond acceptors (Lipinski definition) is 5. The second kappa shape index (κ2) is 7.89. The summed E-state index contributed by atoms with van der Waals surface area (Å²) >= 11 is 0. The van der Waals surface area contributed by atoms with E-state index in [0.29, 0.717) is 13.0 Å². The molecule has 0 amide bonds. The third-order valence-electron chi connectivity index (χ3n) is 7.11. The average Bonchev–Trinajstić information content (AvgIpc) is 3.44. The molecule has 34 heavy (non-hydrogen) atoms. The SMILES string of the molecule is O=S(=O)(C1CC2OC1C(c1ccc(O)cc1)=C2c1ccc(O)cc1)N1CCCc2ccccc21. The zero-order chi connectivity index (χ0) is 23.4. The lowest BCUT2D eigenvalue weighted by Crippen LogP contribution is -2.45. The minimum Gasteiger partial charge on any atom is -0.508 e. The number of aryl methyl sites for hydroxylation is 1. The summed E-state index contributed by atoms with van der Waals surface area (Å²) in [6.45, 7) is 0.469. The predicted molar refractivity (Wildman–Crippen MR) is 131 cm³/mol. The molecule has 174 valence electrons. The lowest BCUT2D eigenvalue weighted by atomic mass is 9.83. The Morgan fingerprint density at radius 2 is 1.44 bits per heavy atom. The van der Waals surface area contributed by atoms with Gasteiger partial charge in [-0.1, -0.05) is 42.5 Å². The second-order valence-corrected chi connectivity index (χ2v) is 11.2. The molecule has 0 aliphatic carbocycles. The van der Waals surface area contributed by atoms with Gasteiger partial charge in [-0.25, -0.2) is 8.42 Å². The molecule has 7 heteroatoms. The molecule has 6 rings (SSSR count). The largest absolute Gasteiger partial charge is 0.508 e. The van der Waals surface area contributed by atoms with E-state index in [1.807, 2.05) is 36.4 Å². The molecule has 3 atom stereocenters. The molecule has 1 fully saturated rings. The number of fused-ring (bicyclic) bond motifs is 3. The van der Waals surface area contributed by atoms with Gasteiger partial charge in [0.15, 0.2) is 0 Å². The van der Waals surface area contributed by atoms with Gasteiger partial charge in [-0.15, -0.1) is 0 Å². The number of phenols is 2. The van der Waals surface area contributed by atoms with Crippen LogP contribution in [0.2, 0.25) is 0 Å². The first-order valence-corrected chi connectivity index (χ1v) is 13.0. The highest BCUT2D eigenvalue weighted by atomic mass is 32.2. The summed E-state index contributed by atoms with van der Waals surface area (Å²) in [4.78, 5) is 0. The molecular formula is C27H25NO5S. The van der Waals surface area contributed by atoms with E-state index in [0.717, 1.165) is 46.4 Å². The number of rotatable bonds is 4. The molecule has 3 unspecified atom stereocenters.